The van der Waals surface area contributed by atoms with Crippen molar-refractivity contribution in [3.63, 3.8) is 0 Å². The molecular weight excluding hydrogens is 270 g/mol. The van der Waals surface area contributed by atoms with Gasteiger partial charge in [0.1, 0.15) is 5.82 Å². The molecule has 0 bridgehead atoms. The zero-order valence-corrected chi connectivity index (χ0v) is 12.2. The van der Waals surface area contributed by atoms with Crippen LogP contribution < -0.4 is 21.5 Å². The van der Waals surface area contributed by atoms with Crippen LogP contribution in [0.4, 0.5) is 11.8 Å². The molecule has 0 aliphatic heterocycles. The fourth-order valence-electron chi connectivity index (χ4n) is 2.30. The van der Waals surface area contributed by atoms with E-state index in [1.54, 1.807) is 6.07 Å². The topological polar surface area (TPSA) is 116 Å². The third kappa shape index (κ3) is 4.08. The van der Waals surface area contributed by atoms with E-state index in [0.29, 0.717) is 24.5 Å². The third-order valence-electron chi connectivity index (χ3n) is 3.21. The summed E-state index contributed by atoms with van der Waals surface area (Å²) in [6.07, 6.45) is 5.31. The van der Waals surface area contributed by atoms with Gasteiger partial charge in [0.2, 0.25) is 17.7 Å². The predicted molar refractivity (Wildman–Crippen MR) is 80.7 cm³/mol. The highest BCUT2D eigenvalue weighted by atomic mass is 16.5. The lowest BCUT2D eigenvalue weighted by Crippen LogP contribution is -2.39. The summed E-state index contributed by atoms with van der Waals surface area (Å²) in [7, 11) is 0. The lowest BCUT2D eigenvalue weighted by molar-refractivity contribution is -0.122. The Kier molecular flexibility index (Phi) is 4.62. The van der Waals surface area contributed by atoms with Crippen molar-refractivity contribution in [2.75, 3.05) is 11.1 Å². The van der Waals surface area contributed by atoms with Gasteiger partial charge in [-0.25, -0.2) is 0 Å². The molecule has 1 heterocycles. The van der Waals surface area contributed by atoms with Crippen LogP contribution in [0.1, 0.15) is 26.7 Å². The lowest BCUT2D eigenvalue weighted by atomic mass is 9.88. The first kappa shape index (κ1) is 15.1. The Bertz CT molecular complexity index is 544. The number of ether oxygens (including phenoxy) is 1. The fourth-order valence-corrected chi connectivity index (χ4v) is 2.30. The molecular formula is C14H21N5O2. The van der Waals surface area contributed by atoms with Crippen molar-refractivity contribution in [3.05, 3.63) is 18.2 Å². The first-order valence-electron chi connectivity index (χ1n) is 6.97. The van der Waals surface area contributed by atoms with Gasteiger partial charge in [-0.2, -0.15) is 9.97 Å². The van der Waals surface area contributed by atoms with Crippen molar-refractivity contribution in [2.24, 2.45) is 11.7 Å². The highest BCUT2D eigenvalue weighted by molar-refractivity contribution is 5.78. The number of nitrogen functional groups attached to an aromatic ring is 1. The number of hydrogen-bond acceptors (Lipinski definition) is 6. The van der Waals surface area contributed by atoms with E-state index in [4.69, 9.17) is 16.2 Å². The summed E-state index contributed by atoms with van der Waals surface area (Å²) in [5.41, 5.74) is 11.1. The number of amides is 1. The Morgan fingerprint density at radius 3 is 2.76 bits per heavy atom. The maximum absolute atomic E-state index is 11.5. The van der Waals surface area contributed by atoms with Gasteiger partial charge >= 0.3 is 0 Å². The Labute approximate surface area is 123 Å². The second kappa shape index (κ2) is 6.43. The van der Waals surface area contributed by atoms with Gasteiger partial charge in [-0.15, -0.1) is 0 Å². The predicted octanol–water partition coefficient (Wildman–Crippen LogP) is 1.08. The highest BCUT2D eigenvalue weighted by Gasteiger charge is 2.27. The third-order valence-corrected chi connectivity index (χ3v) is 3.21. The van der Waals surface area contributed by atoms with Gasteiger partial charge in [-0.1, -0.05) is 12.2 Å². The van der Waals surface area contributed by atoms with E-state index in [-0.39, 0.29) is 29.9 Å². The van der Waals surface area contributed by atoms with E-state index < -0.39 is 0 Å². The molecule has 1 aromatic rings. The second-order valence-corrected chi connectivity index (χ2v) is 5.32. The molecule has 5 N–H and O–H groups in total. The molecule has 0 saturated heterocycles. The summed E-state index contributed by atoms with van der Waals surface area (Å²) in [6, 6.07) is 1.57. The normalized spacial score (nSPS) is 21.3. The van der Waals surface area contributed by atoms with Crippen LogP contribution in [-0.2, 0) is 4.79 Å². The van der Waals surface area contributed by atoms with Crippen LogP contribution in [0.15, 0.2) is 18.2 Å². The zero-order valence-electron chi connectivity index (χ0n) is 12.2. The van der Waals surface area contributed by atoms with Gasteiger partial charge in [0, 0.05) is 12.1 Å². The molecule has 1 amide bonds. The molecule has 1 aromatic heterocycles. The minimum absolute atomic E-state index is 0.0110. The highest BCUT2D eigenvalue weighted by Crippen LogP contribution is 2.24. The van der Waals surface area contributed by atoms with E-state index in [0.717, 1.165) is 0 Å². The molecule has 7 heteroatoms. The average molecular weight is 291 g/mol. The van der Waals surface area contributed by atoms with Crippen LogP contribution in [-0.4, -0.2) is 28.0 Å². The molecule has 1 aliphatic rings. The maximum Gasteiger partial charge on any atom is 0.225 e. The van der Waals surface area contributed by atoms with Crippen LogP contribution in [0.3, 0.4) is 0 Å². The number of hydrogen-bond donors (Lipinski definition) is 3. The van der Waals surface area contributed by atoms with Crippen LogP contribution in [0.5, 0.6) is 5.88 Å². The van der Waals surface area contributed by atoms with Gasteiger partial charge in [-0.05, 0) is 26.7 Å². The van der Waals surface area contributed by atoms with E-state index in [1.165, 1.54) is 0 Å². The van der Waals surface area contributed by atoms with Crippen LogP contribution in [0.25, 0.3) is 0 Å². The summed E-state index contributed by atoms with van der Waals surface area (Å²) < 4.78 is 5.52. The Balaban J connectivity index is 2.16. The maximum atomic E-state index is 11.5. The Morgan fingerprint density at radius 2 is 2.10 bits per heavy atom. The summed E-state index contributed by atoms with van der Waals surface area (Å²) in [4.78, 5) is 19.6. The van der Waals surface area contributed by atoms with E-state index in [9.17, 15) is 4.79 Å². The molecule has 0 unspecified atom stereocenters. The monoisotopic (exact) mass is 291 g/mol. The molecule has 0 aromatic carbocycles. The lowest BCUT2D eigenvalue weighted by Gasteiger charge is -2.27. The molecule has 1 aliphatic carbocycles. The van der Waals surface area contributed by atoms with Crippen LogP contribution in [0.2, 0.25) is 0 Å². The minimum Gasteiger partial charge on any atom is -0.475 e. The fraction of sp³-hybridized carbons (Fsp3) is 0.500. The number of rotatable bonds is 5. The number of nitrogens with two attached hydrogens (primary N) is 2. The second-order valence-electron chi connectivity index (χ2n) is 5.32. The van der Waals surface area contributed by atoms with Crippen LogP contribution >= 0.6 is 0 Å². The first-order chi connectivity index (χ1) is 9.95. The van der Waals surface area contributed by atoms with Crippen molar-refractivity contribution in [3.8, 4) is 5.88 Å². The van der Waals surface area contributed by atoms with E-state index in [1.807, 2.05) is 26.0 Å². The Hall–Kier alpha value is -2.31. The number of primary amides is 1. The van der Waals surface area contributed by atoms with Gasteiger partial charge in [0.15, 0.2) is 0 Å². The zero-order chi connectivity index (χ0) is 15.4. The van der Waals surface area contributed by atoms with Crippen molar-refractivity contribution < 1.29 is 9.53 Å². The van der Waals surface area contributed by atoms with E-state index in [2.05, 4.69) is 15.3 Å². The van der Waals surface area contributed by atoms with Gasteiger partial charge < -0.3 is 21.5 Å². The number of anilines is 2. The minimum atomic E-state index is -0.322. The summed E-state index contributed by atoms with van der Waals surface area (Å²) in [5, 5.41) is 3.20. The molecule has 114 valence electrons. The molecule has 0 spiro atoms. The number of nitrogens with one attached hydrogen (secondary N) is 1. The van der Waals surface area contributed by atoms with Gasteiger partial charge in [0.25, 0.3) is 0 Å². The Morgan fingerprint density at radius 1 is 1.38 bits per heavy atom. The molecule has 7 nitrogen and oxygen atoms in total. The molecule has 2 rings (SSSR count). The van der Waals surface area contributed by atoms with Crippen molar-refractivity contribution in [2.45, 2.75) is 38.8 Å². The summed E-state index contributed by atoms with van der Waals surface area (Å²) in [6.45, 7) is 3.81. The number of nitrogens with zero attached hydrogens (tertiary/aromatic N) is 2. The average Bonchev–Trinajstić information content (AvgIpc) is 2.37. The van der Waals surface area contributed by atoms with Crippen molar-refractivity contribution in [1.82, 2.24) is 9.97 Å². The number of allylic oxidation sites excluding steroid dienone is 1. The standard InChI is InChI=1S/C14H21N5O2/c1-8(2)21-12-7-11(18-14(16)19-12)17-10-6-4-3-5-9(10)13(15)20/h3-4,7-10H,5-6H2,1-2H3,(H2,15,20)(H3,16,17,18,19)/t9-,10-/m1/s1. The SMILES string of the molecule is CC(C)Oc1cc(N[C@@H]2CC=CC[C@H]2C(N)=O)nc(N)n1. The molecule has 2 atom stereocenters. The van der Waals surface area contributed by atoms with Gasteiger partial charge in [-0.3, -0.25) is 4.79 Å². The summed E-state index contributed by atoms with van der Waals surface area (Å²) in [5.74, 6) is 0.475. The number of carbonyl (C=O) groups is 1. The van der Waals surface area contributed by atoms with E-state index >= 15 is 0 Å². The number of carbonyl (C=O) groups excluding carboxylic acids is 1. The smallest absolute Gasteiger partial charge is 0.225 e. The quantitative estimate of drug-likeness (QED) is 0.699. The largest absolute Gasteiger partial charge is 0.475 e. The summed E-state index contributed by atoms with van der Waals surface area (Å²) >= 11 is 0. The van der Waals surface area contributed by atoms with Crippen molar-refractivity contribution in [1.29, 1.82) is 0 Å². The first-order valence-corrected chi connectivity index (χ1v) is 6.97. The molecule has 21 heavy (non-hydrogen) atoms. The molecule has 0 saturated carbocycles. The van der Waals surface area contributed by atoms with Crippen molar-refractivity contribution >= 4 is 17.7 Å². The number of aromatic nitrogens is 2. The molecule has 0 fully saturated rings. The molecule has 0 radical (unpaired) electrons. The van der Waals surface area contributed by atoms with Gasteiger partial charge in [0.05, 0.1) is 12.0 Å². The van der Waals surface area contributed by atoms with Crippen LogP contribution in [0, 0.1) is 5.92 Å².